The first-order valence-corrected chi connectivity index (χ1v) is 8.95. The van der Waals surface area contributed by atoms with Gasteiger partial charge in [-0.15, -0.1) is 0 Å². The molecule has 29 heavy (non-hydrogen) atoms. The molecule has 0 aliphatic rings. The average molecular weight is 391 g/mol. The van der Waals surface area contributed by atoms with Crippen molar-refractivity contribution in [2.75, 3.05) is 24.4 Å². The molecule has 2 aromatic carbocycles. The Kier molecular flexibility index (Phi) is 6.42. The first-order valence-electron chi connectivity index (χ1n) is 8.95. The highest BCUT2D eigenvalue weighted by Gasteiger charge is 2.11. The van der Waals surface area contributed by atoms with Gasteiger partial charge in [0.25, 0.3) is 5.91 Å². The van der Waals surface area contributed by atoms with Gasteiger partial charge >= 0.3 is 5.97 Å². The summed E-state index contributed by atoms with van der Waals surface area (Å²) in [5.74, 6) is 0.428. The van der Waals surface area contributed by atoms with Crippen molar-refractivity contribution in [1.29, 1.82) is 0 Å². The van der Waals surface area contributed by atoms with E-state index < -0.39 is 5.97 Å². The number of rotatable bonds is 7. The normalized spacial score (nSPS) is 10.1. The van der Waals surface area contributed by atoms with Crippen LogP contribution in [0.15, 0.2) is 66.9 Å². The number of anilines is 3. The molecule has 1 heterocycles. The number of aromatic nitrogens is 1. The quantitative estimate of drug-likeness (QED) is 0.593. The second-order valence-corrected chi connectivity index (χ2v) is 6.24. The van der Waals surface area contributed by atoms with E-state index in [2.05, 4.69) is 15.6 Å². The molecular formula is C22H21N3O4. The molecule has 0 aliphatic heterocycles. The van der Waals surface area contributed by atoms with Gasteiger partial charge in [-0.3, -0.25) is 4.79 Å². The third kappa shape index (κ3) is 5.55. The summed E-state index contributed by atoms with van der Waals surface area (Å²) in [6.07, 6.45) is 1.52. The Balaban J connectivity index is 1.57. The summed E-state index contributed by atoms with van der Waals surface area (Å²) in [5.41, 5.74) is 2.64. The van der Waals surface area contributed by atoms with Crippen LogP contribution in [0.25, 0.3) is 0 Å². The Morgan fingerprint density at radius 1 is 1.00 bits per heavy atom. The lowest BCUT2D eigenvalue weighted by molar-refractivity contribution is -0.118. The van der Waals surface area contributed by atoms with E-state index in [4.69, 9.17) is 9.47 Å². The monoisotopic (exact) mass is 391 g/mol. The molecule has 0 unspecified atom stereocenters. The van der Waals surface area contributed by atoms with E-state index in [9.17, 15) is 9.59 Å². The lowest BCUT2D eigenvalue weighted by atomic mass is 10.2. The second-order valence-electron chi connectivity index (χ2n) is 6.24. The molecule has 1 aromatic heterocycles. The van der Waals surface area contributed by atoms with Gasteiger partial charge in [-0.2, -0.15) is 0 Å². The van der Waals surface area contributed by atoms with Crippen LogP contribution in [0.5, 0.6) is 5.75 Å². The summed E-state index contributed by atoms with van der Waals surface area (Å²) in [6.45, 7) is 1.88. The van der Waals surface area contributed by atoms with Crippen molar-refractivity contribution in [1.82, 2.24) is 4.98 Å². The van der Waals surface area contributed by atoms with Gasteiger partial charge in [0.05, 0.1) is 30.2 Å². The van der Waals surface area contributed by atoms with Gasteiger partial charge in [-0.25, -0.2) is 9.78 Å². The number of methoxy groups -OCH3 is 1. The number of pyridine rings is 1. The third-order valence-corrected chi connectivity index (χ3v) is 4.03. The minimum absolute atomic E-state index is 0.102. The third-order valence-electron chi connectivity index (χ3n) is 4.03. The standard InChI is InChI=1S/C22H21N3O4/c1-15-7-10-17(11-8-15)29-14-21(26)24-16-9-12-20(23-13-16)25-19-6-4-3-5-18(19)22(27)28-2/h3-13H,14H2,1-2H3,(H,23,25)(H,24,26). The van der Waals surface area contributed by atoms with Gasteiger partial charge in [0, 0.05) is 0 Å². The number of hydrogen-bond acceptors (Lipinski definition) is 6. The van der Waals surface area contributed by atoms with Crippen LogP contribution >= 0.6 is 0 Å². The summed E-state index contributed by atoms with van der Waals surface area (Å²) < 4.78 is 10.2. The smallest absolute Gasteiger partial charge is 0.339 e. The molecule has 0 radical (unpaired) electrons. The van der Waals surface area contributed by atoms with E-state index >= 15 is 0 Å². The van der Waals surface area contributed by atoms with E-state index in [1.54, 1.807) is 36.4 Å². The molecule has 0 aliphatic carbocycles. The van der Waals surface area contributed by atoms with Crippen LogP contribution in [-0.2, 0) is 9.53 Å². The summed E-state index contributed by atoms with van der Waals surface area (Å²) in [5, 5.41) is 5.80. The molecule has 0 atom stereocenters. The first kappa shape index (κ1) is 19.9. The van der Waals surface area contributed by atoms with Crippen LogP contribution in [0, 0.1) is 6.92 Å². The Bertz CT molecular complexity index is 986. The van der Waals surface area contributed by atoms with Crippen LogP contribution in [0.4, 0.5) is 17.2 Å². The summed E-state index contributed by atoms with van der Waals surface area (Å²) in [6, 6.07) is 17.9. The predicted octanol–water partition coefficient (Wildman–Crippen LogP) is 3.94. The van der Waals surface area contributed by atoms with Crippen molar-refractivity contribution in [3.05, 3.63) is 78.0 Å². The van der Waals surface area contributed by atoms with Gasteiger partial charge in [-0.05, 0) is 43.3 Å². The topological polar surface area (TPSA) is 89.6 Å². The summed E-state index contributed by atoms with van der Waals surface area (Å²) in [7, 11) is 1.33. The highest BCUT2D eigenvalue weighted by atomic mass is 16.5. The zero-order chi connectivity index (χ0) is 20.6. The van der Waals surface area contributed by atoms with Crippen molar-refractivity contribution in [2.24, 2.45) is 0 Å². The Morgan fingerprint density at radius 2 is 1.76 bits per heavy atom. The Hall–Kier alpha value is -3.87. The number of esters is 1. The fraction of sp³-hybridized carbons (Fsp3) is 0.136. The van der Waals surface area contributed by atoms with Crippen molar-refractivity contribution in [2.45, 2.75) is 6.92 Å². The predicted molar refractivity (Wildman–Crippen MR) is 111 cm³/mol. The largest absolute Gasteiger partial charge is 0.484 e. The molecule has 0 bridgehead atoms. The molecular weight excluding hydrogens is 370 g/mol. The number of carbonyl (C=O) groups is 2. The maximum atomic E-state index is 12.1. The van der Waals surface area contributed by atoms with Crippen molar-refractivity contribution >= 4 is 29.1 Å². The van der Waals surface area contributed by atoms with Crippen LogP contribution in [0.3, 0.4) is 0 Å². The lowest BCUT2D eigenvalue weighted by Gasteiger charge is -2.11. The minimum Gasteiger partial charge on any atom is -0.484 e. The molecule has 7 heteroatoms. The molecule has 148 valence electrons. The van der Waals surface area contributed by atoms with Crippen molar-refractivity contribution in [3.8, 4) is 5.75 Å². The number of nitrogens with zero attached hydrogens (tertiary/aromatic N) is 1. The summed E-state index contributed by atoms with van der Waals surface area (Å²) >= 11 is 0. The van der Waals surface area contributed by atoms with Crippen LogP contribution in [0.2, 0.25) is 0 Å². The molecule has 3 rings (SSSR count). The van der Waals surface area contributed by atoms with Gasteiger partial charge in [0.1, 0.15) is 11.6 Å². The number of ether oxygens (including phenoxy) is 2. The molecule has 7 nitrogen and oxygen atoms in total. The van der Waals surface area contributed by atoms with Gasteiger partial charge in [0.15, 0.2) is 6.61 Å². The van der Waals surface area contributed by atoms with Crippen LogP contribution in [0.1, 0.15) is 15.9 Å². The zero-order valence-electron chi connectivity index (χ0n) is 16.1. The van der Waals surface area contributed by atoms with E-state index in [1.807, 2.05) is 31.2 Å². The molecule has 0 fully saturated rings. The number of hydrogen-bond donors (Lipinski definition) is 2. The molecule has 2 N–H and O–H groups in total. The molecule has 0 spiro atoms. The maximum Gasteiger partial charge on any atom is 0.339 e. The number of aryl methyl sites for hydroxylation is 1. The average Bonchev–Trinajstić information content (AvgIpc) is 2.74. The fourth-order valence-electron chi connectivity index (χ4n) is 2.54. The highest BCUT2D eigenvalue weighted by Crippen LogP contribution is 2.21. The minimum atomic E-state index is -0.439. The van der Waals surface area contributed by atoms with E-state index in [-0.39, 0.29) is 12.5 Å². The second kappa shape index (κ2) is 9.36. The van der Waals surface area contributed by atoms with E-state index in [0.717, 1.165) is 5.56 Å². The van der Waals surface area contributed by atoms with Gasteiger partial charge < -0.3 is 20.1 Å². The Morgan fingerprint density at radius 3 is 2.45 bits per heavy atom. The van der Waals surface area contributed by atoms with Crippen LogP contribution < -0.4 is 15.4 Å². The highest BCUT2D eigenvalue weighted by molar-refractivity contribution is 5.96. The SMILES string of the molecule is COC(=O)c1ccccc1Nc1ccc(NC(=O)COc2ccc(C)cc2)cn1. The van der Waals surface area contributed by atoms with Gasteiger partial charge in [-0.1, -0.05) is 29.8 Å². The number of benzene rings is 2. The molecule has 0 saturated heterocycles. The number of amides is 1. The Labute approximate surface area is 168 Å². The van der Waals surface area contributed by atoms with Crippen molar-refractivity contribution in [3.63, 3.8) is 0 Å². The van der Waals surface area contributed by atoms with E-state index in [1.165, 1.54) is 13.3 Å². The van der Waals surface area contributed by atoms with Gasteiger partial charge in [0.2, 0.25) is 0 Å². The molecule has 0 saturated carbocycles. The first-order chi connectivity index (χ1) is 14.0. The van der Waals surface area contributed by atoms with E-state index in [0.29, 0.717) is 28.5 Å². The number of para-hydroxylation sites is 1. The maximum absolute atomic E-state index is 12.1. The molecule has 3 aromatic rings. The lowest BCUT2D eigenvalue weighted by Crippen LogP contribution is -2.20. The van der Waals surface area contributed by atoms with Crippen molar-refractivity contribution < 1.29 is 19.1 Å². The zero-order valence-corrected chi connectivity index (χ0v) is 16.1. The number of carbonyl (C=O) groups excluding carboxylic acids is 2. The number of nitrogens with one attached hydrogen (secondary N) is 2. The fourth-order valence-corrected chi connectivity index (χ4v) is 2.54. The molecule has 1 amide bonds. The summed E-state index contributed by atoms with van der Waals surface area (Å²) in [4.78, 5) is 28.2. The van der Waals surface area contributed by atoms with Crippen LogP contribution in [-0.4, -0.2) is 30.6 Å².